The van der Waals surface area contributed by atoms with Crippen LogP contribution in [0.3, 0.4) is 0 Å². The molecule has 22 heavy (non-hydrogen) atoms. The molecule has 0 radical (unpaired) electrons. The second kappa shape index (κ2) is 7.60. The van der Waals surface area contributed by atoms with E-state index in [-0.39, 0.29) is 25.0 Å². The van der Waals surface area contributed by atoms with Crippen LogP contribution in [0.15, 0.2) is 30.3 Å². The first kappa shape index (κ1) is 16.0. The average molecular weight is 300 g/mol. The highest BCUT2D eigenvalue weighted by Gasteiger charge is 2.40. The van der Waals surface area contributed by atoms with Gasteiger partial charge in [-0.05, 0) is 18.4 Å². The maximum atomic E-state index is 12.6. The summed E-state index contributed by atoms with van der Waals surface area (Å²) < 4.78 is 5.06. The summed E-state index contributed by atoms with van der Waals surface area (Å²) in [5.41, 5.74) is 1.05. The lowest BCUT2D eigenvalue weighted by atomic mass is 9.97. The molecule has 1 aliphatic rings. The van der Waals surface area contributed by atoms with Crippen molar-refractivity contribution in [1.82, 2.24) is 4.90 Å². The van der Waals surface area contributed by atoms with Crippen molar-refractivity contribution < 1.29 is 14.3 Å². The lowest BCUT2D eigenvalue weighted by molar-refractivity contribution is -0.133. The minimum Gasteiger partial charge on any atom is -0.447 e. The number of benzene rings is 1. The van der Waals surface area contributed by atoms with Crippen LogP contribution < -0.4 is 0 Å². The van der Waals surface area contributed by atoms with Gasteiger partial charge in [0, 0.05) is 6.42 Å². The van der Waals surface area contributed by atoms with E-state index in [0.29, 0.717) is 12.8 Å². The Kier molecular flexibility index (Phi) is 5.54. The van der Waals surface area contributed by atoms with Crippen molar-refractivity contribution in [2.45, 2.75) is 38.6 Å². The van der Waals surface area contributed by atoms with Crippen molar-refractivity contribution in [1.29, 1.82) is 5.26 Å². The zero-order valence-electron chi connectivity index (χ0n) is 12.7. The molecule has 2 amide bonds. The molecule has 2 atom stereocenters. The van der Waals surface area contributed by atoms with Gasteiger partial charge < -0.3 is 4.74 Å². The number of nitrogens with zero attached hydrogens (tertiary/aromatic N) is 2. The zero-order valence-corrected chi connectivity index (χ0v) is 12.7. The molecule has 1 fully saturated rings. The number of carbonyl (C=O) groups is 2. The lowest BCUT2D eigenvalue weighted by Crippen LogP contribution is -2.43. The third-order valence-corrected chi connectivity index (χ3v) is 3.84. The van der Waals surface area contributed by atoms with Crippen LogP contribution in [-0.2, 0) is 16.0 Å². The number of carbonyl (C=O) groups excluding carboxylic acids is 2. The minimum absolute atomic E-state index is 0.133. The van der Waals surface area contributed by atoms with Crippen molar-refractivity contribution in [2.75, 3.05) is 6.61 Å². The second-order valence-corrected chi connectivity index (χ2v) is 5.48. The monoisotopic (exact) mass is 300 g/mol. The summed E-state index contributed by atoms with van der Waals surface area (Å²) in [5, 5.41) is 8.89. The maximum absolute atomic E-state index is 12.6. The largest absolute Gasteiger partial charge is 0.447 e. The van der Waals surface area contributed by atoms with Gasteiger partial charge in [0.2, 0.25) is 5.91 Å². The predicted molar refractivity (Wildman–Crippen MR) is 80.8 cm³/mol. The van der Waals surface area contributed by atoms with Gasteiger partial charge >= 0.3 is 6.09 Å². The third-order valence-electron chi connectivity index (χ3n) is 3.84. The summed E-state index contributed by atoms with van der Waals surface area (Å²) in [7, 11) is 0. The number of imide groups is 1. The quantitative estimate of drug-likeness (QED) is 0.810. The fourth-order valence-electron chi connectivity index (χ4n) is 2.74. The van der Waals surface area contributed by atoms with Gasteiger partial charge in [0.25, 0.3) is 0 Å². The van der Waals surface area contributed by atoms with Crippen LogP contribution in [-0.4, -0.2) is 29.5 Å². The molecule has 1 saturated heterocycles. The summed E-state index contributed by atoms with van der Waals surface area (Å²) in [4.78, 5) is 25.8. The number of hydrogen-bond acceptors (Lipinski definition) is 4. The number of nitriles is 1. The highest BCUT2D eigenvalue weighted by molar-refractivity contribution is 5.94. The van der Waals surface area contributed by atoms with Gasteiger partial charge in [-0.2, -0.15) is 5.26 Å². The van der Waals surface area contributed by atoms with Crippen molar-refractivity contribution >= 4 is 12.0 Å². The SMILES string of the molecule is CCC[C@H](CC#N)C(=O)N1C(=O)OC[C@H]1Cc1ccccc1. The first-order chi connectivity index (χ1) is 10.7. The summed E-state index contributed by atoms with van der Waals surface area (Å²) in [5.74, 6) is -0.717. The molecule has 1 heterocycles. The van der Waals surface area contributed by atoms with Gasteiger partial charge in [-0.3, -0.25) is 4.79 Å². The highest BCUT2D eigenvalue weighted by atomic mass is 16.6. The average Bonchev–Trinajstić information content (AvgIpc) is 2.88. The molecular formula is C17H20N2O3. The molecule has 0 aliphatic carbocycles. The molecule has 5 heteroatoms. The van der Waals surface area contributed by atoms with Crippen molar-refractivity contribution in [3.8, 4) is 6.07 Å². The predicted octanol–water partition coefficient (Wildman–Crippen LogP) is 2.91. The van der Waals surface area contributed by atoms with E-state index in [1.165, 1.54) is 4.90 Å². The van der Waals surface area contributed by atoms with Crippen LogP contribution in [0.4, 0.5) is 4.79 Å². The number of hydrogen-bond donors (Lipinski definition) is 0. The van der Waals surface area contributed by atoms with E-state index in [1.54, 1.807) is 0 Å². The Labute approximate surface area is 130 Å². The second-order valence-electron chi connectivity index (χ2n) is 5.48. The van der Waals surface area contributed by atoms with E-state index in [0.717, 1.165) is 12.0 Å². The van der Waals surface area contributed by atoms with Gasteiger partial charge in [0.15, 0.2) is 0 Å². The zero-order chi connectivity index (χ0) is 15.9. The van der Waals surface area contributed by atoms with Crippen molar-refractivity contribution in [2.24, 2.45) is 5.92 Å². The molecule has 2 rings (SSSR count). The molecule has 1 aromatic carbocycles. The normalized spacial score (nSPS) is 18.6. The lowest BCUT2D eigenvalue weighted by Gasteiger charge is -2.23. The smallest absolute Gasteiger partial charge is 0.416 e. The Morgan fingerprint density at radius 1 is 1.45 bits per heavy atom. The molecule has 116 valence electrons. The Morgan fingerprint density at radius 2 is 2.18 bits per heavy atom. The Hall–Kier alpha value is -2.35. The molecule has 1 aliphatic heterocycles. The number of cyclic esters (lactones) is 1. The van der Waals surface area contributed by atoms with Crippen LogP contribution in [0.5, 0.6) is 0 Å². The van der Waals surface area contributed by atoms with E-state index < -0.39 is 12.0 Å². The van der Waals surface area contributed by atoms with E-state index in [1.807, 2.05) is 43.3 Å². The summed E-state index contributed by atoms with van der Waals surface area (Å²) in [6.45, 7) is 2.17. The molecule has 1 aromatic rings. The van der Waals surface area contributed by atoms with E-state index in [2.05, 4.69) is 0 Å². The molecule has 0 spiro atoms. The maximum Gasteiger partial charge on any atom is 0.416 e. The van der Waals surface area contributed by atoms with Gasteiger partial charge in [-0.15, -0.1) is 0 Å². The third kappa shape index (κ3) is 3.64. The van der Waals surface area contributed by atoms with Gasteiger partial charge in [0.1, 0.15) is 6.61 Å². The number of ether oxygens (including phenoxy) is 1. The van der Waals surface area contributed by atoms with Crippen LogP contribution in [0.1, 0.15) is 31.7 Å². The molecular weight excluding hydrogens is 280 g/mol. The molecule has 5 nitrogen and oxygen atoms in total. The topological polar surface area (TPSA) is 70.4 Å². The summed E-state index contributed by atoms with van der Waals surface area (Å²) >= 11 is 0. The summed E-state index contributed by atoms with van der Waals surface area (Å²) in [6, 6.07) is 11.4. The molecule has 0 aromatic heterocycles. The van der Waals surface area contributed by atoms with Crippen LogP contribution in [0, 0.1) is 17.2 Å². The van der Waals surface area contributed by atoms with E-state index >= 15 is 0 Å². The number of amides is 2. The van der Waals surface area contributed by atoms with Crippen LogP contribution in [0.2, 0.25) is 0 Å². The molecule has 0 unspecified atom stereocenters. The Bertz CT molecular complexity index is 565. The van der Waals surface area contributed by atoms with Crippen LogP contribution in [0.25, 0.3) is 0 Å². The first-order valence-electron chi connectivity index (χ1n) is 7.58. The Balaban J connectivity index is 2.13. The fourth-order valence-corrected chi connectivity index (χ4v) is 2.74. The number of rotatable bonds is 6. The van der Waals surface area contributed by atoms with Crippen LogP contribution >= 0.6 is 0 Å². The van der Waals surface area contributed by atoms with Gasteiger partial charge in [-0.25, -0.2) is 9.69 Å². The summed E-state index contributed by atoms with van der Waals surface area (Å²) in [6.07, 6.45) is 1.52. The van der Waals surface area contributed by atoms with Crippen molar-refractivity contribution in [3.05, 3.63) is 35.9 Å². The molecule has 0 saturated carbocycles. The van der Waals surface area contributed by atoms with E-state index in [9.17, 15) is 9.59 Å². The molecule has 0 bridgehead atoms. The fraction of sp³-hybridized carbons (Fsp3) is 0.471. The highest BCUT2D eigenvalue weighted by Crippen LogP contribution is 2.23. The first-order valence-corrected chi connectivity index (χ1v) is 7.58. The molecule has 0 N–H and O–H groups in total. The van der Waals surface area contributed by atoms with E-state index in [4.69, 9.17) is 10.00 Å². The standard InChI is InChI=1S/C17H20N2O3/c1-2-6-14(9-10-18)16(20)19-15(12-22-17(19)21)11-13-7-4-3-5-8-13/h3-5,7-8,14-15H,2,6,9,11-12H2,1H3/t14-,15-/m1/s1. The van der Waals surface area contributed by atoms with Crippen molar-refractivity contribution in [3.63, 3.8) is 0 Å². The van der Waals surface area contributed by atoms with Gasteiger partial charge in [0.05, 0.1) is 18.0 Å². The minimum atomic E-state index is -0.593. The van der Waals surface area contributed by atoms with Gasteiger partial charge in [-0.1, -0.05) is 43.7 Å². The Morgan fingerprint density at radius 3 is 2.82 bits per heavy atom.